The lowest BCUT2D eigenvalue weighted by molar-refractivity contribution is -0.121. The van der Waals surface area contributed by atoms with Crippen molar-refractivity contribution >= 4 is 24.3 Å². The molecule has 0 radical (unpaired) electrons. The van der Waals surface area contributed by atoms with Crippen LogP contribution in [0, 0.1) is 0 Å². The SMILES string of the molecule is CCCN(CC(=O)NC(=O)NC1CC1)C1CCNC1.Cl. The zero-order valence-electron chi connectivity index (χ0n) is 12.0. The third-order valence-corrected chi connectivity index (χ3v) is 3.57. The van der Waals surface area contributed by atoms with E-state index in [1.807, 2.05) is 0 Å². The Morgan fingerprint density at radius 3 is 2.60 bits per heavy atom. The summed E-state index contributed by atoms with van der Waals surface area (Å²) >= 11 is 0. The number of carbonyl (C=O) groups excluding carboxylic acids is 2. The van der Waals surface area contributed by atoms with Crippen molar-refractivity contribution in [1.29, 1.82) is 0 Å². The fraction of sp³-hybridized carbons (Fsp3) is 0.846. The second-order valence-electron chi connectivity index (χ2n) is 5.41. The number of carbonyl (C=O) groups is 2. The Kier molecular flexibility index (Phi) is 7.26. The van der Waals surface area contributed by atoms with E-state index in [-0.39, 0.29) is 30.4 Å². The van der Waals surface area contributed by atoms with Gasteiger partial charge in [-0.1, -0.05) is 6.92 Å². The lowest BCUT2D eigenvalue weighted by atomic mass is 10.2. The molecule has 2 fully saturated rings. The molecule has 1 saturated heterocycles. The van der Waals surface area contributed by atoms with Gasteiger partial charge >= 0.3 is 6.03 Å². The van der Waals surface area contributed by atoms with Crippen molar-refractivity contribution in [1.82, 2.24) is 20.9 Å². The Morgan fingerprint density at radius 2 is 2.05 bits per heavy atom. The molecule has 0 aromatic rings. The number of amides is 3. The van der Waals surface area contributed by atoms with Gasteiger partial charge in [0, 0.05) is 18.6 Å². The Labute approximate surface area is 126 Å². The van der Waals surface area contributed by atoms with Crippen molar-refractivity contribution in [2.75, 3.05) is 26.2 Å². The van der Waals surface area contributed by atoms with E-state index in [9.17, 15) is 9.59 Å². The molecule has 0 bridgehead atoms. The molecule has 7 heteroatoms. The highest BCUT2D eigenvalue weighted by molar-refractivity contribution is 5.95. The molecule has 2 rings (SSSR count). The van der Waals surface area contributed by atoms with Crippen molar-refractivity contribution < 1.29 is 9.59 Å². The van der Waals surface area contributed by atoms with Crippen molar-refractivity contribution in [3.63, 3.8) is 0 Å². The number of nitrogens with zero attached hydrogens (tertiary/aromatic N) is 1. The first-order valence-electron chi connectivity index (χ1n) is 7.24. The molecule has 1 aliphatic carbocycles. The average Bonchev–Trinajstić information content (AvgIpc) is 2.99. The standard InChI is InChI=1S/C13H24N4O2.ClH/c1-2-7-17(11-5-6-14-8-11)9-12(18)16-13(19)15-10-3-4-10;/h10-11,14H,2-9H2,1H3,(H2,15,16,18,19);1H. The molecule has 0 aromatic heterocycles. The van der Waals surface area contributed by atoms with Gasteiger partial charge in [-0.05, 0) is 38.8 Å². The summed E-state index contributed by atoms with van der Waals surface area (Å²) in [6.45, 7) is 5.24. The largest absolute Gasteiger partial charge is 0.335 e. The van der Waals surface area contributed by atoms with Gasteiger partial charge in [0.05, 0.1) is 6.54 Å². The van der Waals surface area contributed by atoms with Crippen LogP contribution in [0.3, 0.4) is 0 Å². The van der Waals surface area contributed by atoms with Gasteiger partial charge in [-0.3, -0.25) is 15.0 Å². The van der Waals surface area contributed by atoms with Crippen LogP contribution in [0.2, 0.25) is 0 Å². The molecule has 3 amide bonds. The molecule has 1 atom stereocenters. The van der Waals surface area contributed by atoms with Crippen LogP contribution in [-0.4, -0.2) is 55.1 Å². The Bertz CT molecular complexity index is 330. The second kappa shape index (κ2) is 8.44. The Balaban J connectivity index is 0.00000200. The van der Waals surface area contributed by atoms with Crippen LogP contribution in [0.15, 0.2) is 0 Å². The van der Waals surface area contributed by atoms with E-state index in [0.29, 0.717) is 12.6 Å². The van der Waals surface area contributed by atoms with Crippen LogP contribution >= 0.6 is 12.4 Å². The van der Waals surface area contributed by atoms with Crippen molar-refractivity contribution in [2.45, 2.75) is 44.7 Å². The van der Waals surface area contributed by atoms with E-state index < -0.39 is 0 Å². The molecule has 2 aliphatic rings. The van der Waals surface area contributed by atoms with Crippen LogP contribution in [0.1, 0.15) is 32.6 Å². The van der Waals surface area contributed by atoms with E-state index in [2.05, 4.69) is 27.8 Å². The predicted octanol–water partition coefficient (Wildman–Crippen LogP) is 0.470. The van der Waals surface area contributed by atoms with Gasteiger partial charge in [-0.2, -0.15) is 0 Å². The highest BCUT2D eigenvalue weighted by Crippen LogP contribution is 2.18. The maximum atomic E-state index is 11.9. The minimum absolute atomic E-state index is 0. The van der Waals surface area contributed by atoms with Crippen molar-refractivity contribution in [3.8, 4) is 0 Å². The minimum atomic E-state index is -0.353. The van der Waals surface area contributed by atoms with E-state index in [4.69, 9.17) is 0 Å². The van der Waals surface area contributed by atoms with Crippen molar-refractivity contribution in [3.05, 3.63) is 0 Å². The molecule has 0 aromatic carbocycles. The topological polar surface area (TPSA) is 73.5 Å². The maximum absolute atomic E-state index is 11.9. The third kappa shape index (κ3) is 5.64. The normalized spacial score (nSPS) is 21.4. The molecule has 1 saturated carbocycles. The van der Waals surface area contributed by atoms with E-state index in [0.717, 1.165) is 45.3 Å². The summed E-state index contributed by atoms with van der Waals surface area (Å²) in [6.07, 6.45) is 4.13. The fourth-order valence-corrected chi connectivity index (χ4v) is 2.43. The molecule has 1 aliphatic heterocycles. The smallest absolute Gasteiger partial charge is 0.321 e. The highest BCUT2D eigenvalue weighted by Gasteiger charge is 2.26. The predicted molar refractivity (Wildman–Crippen MR) is 80.1 cm³/mol. The molecule has 1 heterocycles. The summed E-state index contributed by atoms with van der Waals surface area (Å²) in [4.78, 5) is 25.5. The molecule has 116 valence electrons. The van der Waals surface area contributed by atoms with Gasteiger partial charge in [-0.15, -0.1) is 12.4 Å². The van der Waals surface area contributed by atoms with Crippen LogP contribution < -0.4 is 16.0 Å². The van der Waals surface area contributed by atoms with Gasteiger partial charge < -0.3 is 10.6 Å². The van der Waals surface area contributed by atoms with Crippen LogP contribution in [-0.2, 0) is 4.79 Å². The lowest BCUT2D eigenvalue weighted by Crippen LogP contribution is -2.48. The number of hydrogen-bond donors (Lipinski definition) is 3. The number of imide groups is 1. The molecule has 1 unspecified atom stereocenters. The second-order valence-corrected chi connectivity index (χ2v) is 5.41. The number of urea groups is 1. The van der Waals surface area contributed by atoms with E-state index in [1.165, 1.54) is 0 Å². The molecule has 20 heavy (non-hydrogen) atoms. The number of rotatable bonds is 6. The fourth-order valence-electron chi connectivity index (χ4n) is 2.43. The monoisotopic (exact) mass is 304 g/mol. The Hall–Kier alpha value is -0.850. The van der Waals surface area contributed by atoms with Gasteiger partial charge in [0.15, 0.2) is 0 Å². The molecular formula is C13H25ClN4O2. The minimum Gasteiger partial charge on any atom is -0.335 e. The average molecular weight is 305 g/mol. The quantitative estimate of drug-likeness (QED) is 0.667. The summed E-state index contributed by atoms with van der Waals surface area (Å²) in [6, 6.07) is 0.337. The van der Waals surface area contributed by atoms with E-state index in [1.54, 1.807) is 0 Å². The van der Waals surface area contributed by atoms with Gasteiger partial charge in [0.25, 0.3) is 0 Å². The summed E-state index contributed by atoms with van der Waals surface area (Å²) in [5.74, 6) is -0.210. The summed E-state index contributed by atoms with van der Waals surface area (Å²) < 4.78 is 0. The number of halogens is 1. The number of nitrogens with one attached hydrogen (secondary N) is 3. The summed E-state index contributed by atoms with van der Waals surface area (Å²) in [7, 11) is 0. The van der Waals surface area contributed by atoms with Gasteiger partial charge in [0.1, 0.15) is 0 Å². The third-order valence-electron chi connectivity index (χ3n) is 3.57. The highest BCUT2D eigenvalue weighted by atomic mass is 35.5. The molecular weight excluding hydrogens is 280 g/mol. The number of hydrogen-bond acceptors (Lipinski definition) is 4. The summed E-state index contributed by atoms with van der Waals surface area (Å²) in [5.41, 5.74) is 0. The summed E-state index contributed by atoms with van der Waals surface area (Å²) in [5, 5.41) is 8.48. The zero-order chi connectivity index (χ0) is 13.7. The van der Waals surface area contributed by atoms with Gasteiger partial charge in [-0.25, -0.2) is 4.79 Å². The maximum Gasteiger partial charge on any atom is 0.321 e. The molecule has 0 spiro atoms. The van der Waals surface area contributed by atoms with Gasteiger partial charge in [0.2, 0.25) is 5.91 Å². The zero-order valence-corrected chi connectivity index (χ0v) is 12.8. The Morgan fingerprint density at radius 1 is 1.30 bits per heavy atom. The lowest BCUT2D eigenvalue weighted by Gasteiger charge is -2.27. The van der Waals surface area contributed by atoms with Crippen molar-refractivity contribution in [2.24, 2.45) is 0 Å². The first-order chi connectivity index (χ1) is 9.19. The first-order valence-corrected chi connectivity index (χ1v) is 7.24. The van der Waals surface area contributed by atoms with Crippen LogP contribution in [0.4, 0.5) is 4.79 Å². The van der Waals surface area contributed by atoms with Crippen LogP contribution in [0.25, 0.3) is 0 Å². The van der Waals surface area contributed by atoms with E-state index >= 15 is 0 Å². The van der Waals surface area contributed by atoms with Crippen LogP contribution in [0.5, 0.6) is 0 Å². The molecule has 6 nitrogen and oxygen atoms in total. The molecule has 3 N–H and O–H groups in total. The first kappa shape index (κ1) is 17.2.